The fraction of sp³-hybridized carbons (Fsp3) is 0.269. The maximum absolute atomic E-state index is 5.78. The maximum Gasteiger partial charge on any atom is 0.119 e. The van der Waals surface area contributed by atoms with Gasteiger partial charge in [-0.15, -0.1) is 0 Å². The number of aromatic nitrogens is 2. The van der Waals surface area contributed by atoms with E-state index in [0.717, 1.165) is 28.2 Å². The molecule has 4 rings (SSSR count). The molecule has 0 atom stereocenters. The number of hydrogen-bond donors (Lipinski definition) is 0. The normalized spacial score (nSPS) is 11.4. The third kappa shape index (κ3) is 4.18. The van der Waals surface area contributed by atoms with Crippen LogP contribution < -0.4 is 9.47 Å². The van der Waals surface area contributed by atoms with Crippen molar-refractivity contribution >= 4 is 11.0 Å². The Labute approximate surface area is 178 Å². The third-order valence-electron chi connectivity index (χ3n) is 4.92. The first kappa shape index (κ1) is 20.0. The van der Waals surface area contributed by atoms with Gasteiger partial charge in [0.25, 0.3) is 0 Å². The number of hydrogen-bond acceptors (Lipinski definition) is 3. The SMILES string of the molecule is Cc1cc2ncn(-c3ccc(OC(C)C)cc3)c2cc1-c1ccc(OC(C)C)cc1. The highest BCUT2D eigenvalue weighted by atomic mass is 16.5. The van der Waals surface area contributed by atoms with Gasteiger partial charge >= 0.3 is 0 Å². The van der Waals surface area contributed by atoms with E-state index in [9.17, 15) is 0 Å². The Morgan fingerprint density at radius 3 is 1.90 bits per heavy atom. The quantitative estimate of drug-likeness (QED) is 0.367. The molecule has 0 saturated heterocycles. The van der Waals surface area contributed by atoms with Crippen molar-refractivity contribution in [2.75, 3.05) is 0 Å². The summed E-state index contributed by atoms with van der Waals surface area (Å²) in [5.74, 6) is 1.76. The van der Waals surface area contributed by atoms with Gasteiger partial charge in [0.05, 0.1) is 23.2 Å². The predicted octanol–water partition coefficient (Wildman–Crippen LogP) is 6.58. The molecule has 0 aliphatic carbocycles. The maximum atomic E-state index is 5.78. The molecule has 4 heteroatoms. The molecule has 0 radical (unpaired) electrons. The summed E-state index contributed by atoms with van der Waals surface area (Å²) < 4.78 is 13.7. The molecular formula is C26H28N2O2. The monoisotopic (exact) mass is 400 g/mol. The van der Waals surface area contributed by atoms with Crippen molar-refractivity contribution in [2.24, 2.45) is 0 Å². The van der Waals surface area contributed by atoms with Gasteiger partial charge in [0, 0.05) is 5.69 Å². The summed E-state index contributed by atoms with van der Waals surface area (Å²) in [5.41, 5.74) is 6.68. The van der Waals surface area contributed by atoms with E-state index >= 15 is 0 Å². The van der Waals surface area contributed by atoms with Gasteiger partial charge in [0.2, 0.25) is 0 Å². The fourth-order valence-corrected chi connectivity index (χ4v) is 3.62. The number of rotatable bonds is 6. The first-order valence-electron chi connectivity index (χ1n) is 10.4. The second-order valence-corrected chi connectivity index (χ2v) is 8.12. The molecular weight excluding hydrogens is 372 g/mol. The molecule has 3 aromatic carbocycles. The minimum absolute atomic E-state index is 0.160. The number of imidazole rings is 1. The number of nitrogens with zero attached hydrogens (tertiary/aromatic N) is 2. The molecule has 0 unspecified atom stereocenters. The van der Waals surface area contributed by atoms with Crippen molar-refractivity contribution < 1.29 is 9.47 Å². The molecule has 4 nitrogen and oxygen atoms in total. The average Bonchev–Trinajstić information content (AvgIpc) is 3.10. The Kier molecular flexibility index (Phi) is 5.49. The minimum Gasteiger partial charge on any atom is -0.491 e. The zero-order valence-electron chi connectivity index (χ0n) is 18.2. The van der Waals surface area contributed by atoms with Crippen LogP contribution >= 0.6 is 0 Å². The van der Waals surface area contributed by atoms with Crippen LogP contribution in [0.1, 0.15) is 33.3 Å². The molecule has 0 aliphatic rings. The van der Waals surface area contributed by atoms with Crippen LogP contribution in [-0.2, 0) is 0 Å². The minimum atomic E-state index is 0.160. The van der Waals surface area contributed by atoms with E-state index in [1.807, 2.05) is 58.3 Å². The first-order valence-corrected chi connectivity index (χ1v) is 10.4. The van der Waals surface area contributed by atoms with E-state index in [-0.39, 0.29) is 12.2 Å². The summed E-state index contributed by atoms with van der Waals surface area (Å²) in [7, 11) is 0. The molecule has 0 aliphatic heterocycles. The van der Waals surface area contributed by atoms with Crippen molar-refractivity contribution in [1.29, 1.82) is 0 Å². The van der Waals surface area contributed by atoms with Gasteiger partial charge in [-0.05, 0) is 99.8 Å². The average molecular weight is 401 g/mol. The van der Waals surface area contributed by atoms with Crippen molar-refractivity contribution in [3.8, 4) is 28.3 Å². The highest BCUT2D eigenvalue weighted by Gasteiger charge is 2.11. The molecule has 0 fully saturated rings. The van der Waals surface area contributed by atoms with Crippen LogP contribution in [0.5, 0.6) is 11.5 Å². The van der Waals surface area contributed by atoms with Crippen LogP contribution in [0.3, 0.4) is 0 Å². The number of ether oxygens (including phenoxy) is 2. The van der Waals surface area contributed by atoms with Crippen LogP contribution in [0.4, 0.5) is 0 Å². The Morgan fingerprint density at radius 2 is 1.33 bits per heavy atom. The number of benzene rings is 3. The molecule has 0 bridgehead atoms. The lowest BCUT2D eigenvalue weighted by atomic mass is 9.99. The molecule has 1 heterocycles. The summed E-state index contributed by atoms with van der Waals surface area (Å²) >= 11 is 0. The van der Waals surface area contributed by atoms with Crippen molar-refractivity contribution in [1.82, 2.24) is 9.55 Å². The van der Waals surface area contributed by atoms with E-state index < -0.39 is 0 Å². The number of aryl methyl sites for hydroxylation is 1. The highest BCUT2D eigenvalue weighted by molar-refractivity contribution is 5.85. The van der Waals surface area contributed by atoms with Crippen LogP contribution in [-0.4, -0.2) is 21.8 Å². The lowest BCUT2D eigenvalue weighted by molar-refractivity contribution is 0.242. The van der Waals surface area contributed by atoms with E-state index in [1.54, 1.807) is 0 Å². The second kappa shape index (κ2) is 8.23. The van der Waals surface area contributed by atoms with Gasteiger partial charge in [0.15, 0.2) is 0 Å². The zero-order valence-corrected chi connectivity index (χ0v) is 18.2. The van der Waals surface area contributed by atoms with Gasteiger partial charge in [0.1, 0.15) is 17.8 Å². The predicted molar refractivity (Wildman–Crippen MR) is 123 cm³/mol. The summed E-state index contributed by atoms with van der Waals surface area (Å²) in [4.78, 5) is 4.62. The van der Waals surface area contributed by atoms with Gasteiger partial charge < -0.3 is 9.47 Å². The van der Waals surface area contributed by atoms with E-state index in [2.05, 4.69) is 52.9 Å². The standard InChI is InChI=1S/C26H28N2O2/c1-17(2)29-22-10-6-20(7-11-22)24-15-26-25(14-19(24)5)27-16-28(26)21-8-12-23(13-9-21)30-18(3)4/h6-18H,1-5H3. The molecule has 0 amide bonds. The summed E-state index contributed by atoms with van der Waals surface area (Å²) in [6.45, 7) is 10.3. The molecule has 4 aromatic rings. The molecule has 0 spiro atoms. The third-order valence-corrected chi connectivity index (χ3v) is 4.92. The van der Waals surface area contributed by atoms with Gasteiger partial charge in [-0.2, -0.15) is 0 Å². The molecule has 30 heavy (non-hydrogen) atoms. The second-order valence-electron chi connectivity index (χ2n) is 8.12. The summed E-state index contributed by atoms with van der Waals surface area (Å²) in [5, 5.41) is 0. The Morgan fingerprint density at radius 1 is 0.767 bits per heavy atom. The van der Waals surface area contributed by atoms with Crippen molar-refractivity contribution in [3.05, 3.63) is 72.6 Å². The van der Waals surface area contributed by atoms with Gasteiger partial charge in [-0.3, -0.25) is 4.57 Å². The smallest absolute Gasteiger partial charge is 0.119 e. The Hall–Kier alpha value is -3.27. The molecule has 1 aromatic heterocycles. The Balaban J connectivity index is 1.71. The van der Waals surface area contributed by atoms with Crippen LogP contribution in [0.15, 0.2) is 67.0 Å². The van der Waals surface area contributed by atoms with Crippen LogP contribution in [0.25, 0.3) is 27.8 Å². The van der Waals surface area contributed by atoms with Crippen LogP contribution in [0, 0.1) is 6.92 Å². The van der Waals surface area contributed by atoms with E-state index in [0.29, 0.717) is 0 Å². The lowest BCUT2D eigenvalue weighted by Gasteiger charge is -2.13. The van der Waals surface area contributed by atoms with Gasteiger partial charge in [-0.25, -0.2) is 4.98 Å². The van der Waals surface area contributed by atoms with Gasteiger partial charge in [-0.1, -0.05) is 12.1 Å². The highest BCUT2D eigenvalue weighted by Crippen LogP contribution is 2.31. The Bertz CT molecular complexity index is 1140. The fourth-order valence-electron chi connectivity index (χ4n) is 3.62. The molecule has 0 saturated carbocycles. The molecule has 0 N–H and O–H groups in total. The first-order chi connectivity index (χ1) is 14.4. The largest absolute Gasteiger partial charge is 0.491 e. The summed E-state index contributed by atoms with van der Waals surface area (Å²) in [6, 6.07) is 20.8. The molecule has 154 valence electrons. The van der Waals surface area contributed by atoms with Crippen molar-refractivity contribution in [2.45, 2.75) is 46.8 Å². The zero-order chi connectivity index (χ0) is 21.3. The lowest BCUT2D eigenvalue weighted by Crippen LogP contribution is -2.05. The van der Waals surface area contributed by atoms with E-state index in [4.69, 9.17) is 9.47 Å². The van der Waals surface area contributed by atoms with E-state index in [1.165, 1.54) is 16.7 Å². The topological polar surface area (TPSA) is 36.3 Å². The number of fused-ring (bicyclic) bond motifs is 1. The van der Waals surface area contributed by atoms with Crippen LogP contribution in [0.2, 0.25) is 0 Å². The van der Waals surface area contributed by atoms with Crippen molar-refractivity contribution in [3.63, 3.8) is 0 Å². The summed E-state index contributed by atoms with van der Waals surface area (Å²) in [6.07, 6.45) is 2.21.